The van der Waals surface area contributed by atoms with Crippen molar-refractivity contribution in [3.63, 3.8) is 0 Å². The summed E-state index contributed by atoms with van der Waals surface area (Å²) in [7, 11) is 2.28. The number of hydrogen-bond acceptors (Lipinski definition) is 3. The van der Waals surface area contributed by atoms with Crippen LogP contribution in [-0.2, 0) is 0 Å². The number of rotatable bonds is 6. The number of nitrogens with zero attached hydrogens (tertiary/aromatic N) is 3. The van der Waals surface area contributed by atoms with Gasteiger partial charge in [-0.2, -0.15) is 0 Å². The molecular formula is C22H41N3. The lowest BCUT2D eigenvalue weighted by molar-refractivity contribution is -0.0293. The molecule has 0 unspecified atom stereocenters. The van der Waals surface area contributed by atoms with Crippen molar-refractivity contribution in [3.8, 4) is 0 Å². The average Bonchev–Trinajstić information content (AvgIpc) is 3.34. The zero-order valence-electron chi connectivity index (χ0n) is 16.9. The lowest BCUT2D eigenvalue weighted by atomic mass is 9.57. The first-order valence-electron chi connectivity index (χ1n) is 11.2. The molecule has 4 fully saturated rings. The summed E-state index contributed by atoms with van der Waals surface area (Å²) in [5, 5.41) is 0. The van der Waals surface area contributed by atoms with E-state index in [1.807, 2.05) is 0 Å². The first-order chi connectivity index (χ1) is 12.1. The van der Waals surface area contributed by atoms with E-state index in [9.17, 15) is 0 Å². The Bertz CT molecular complexity index is 429. The summed E-state index contributed by atoms with van der Waals surface area (Å²) < 4.78 is 0. The van der Waals surface area contributed by atoms with Crippen molar-refractivity contribution in [2.24, 2.45) is 16.7 Å². The molecule has 0 aromatic heterocycles. The van der Waals surface area contributed by atoms with Gasteiger partial charge in [0.25, 0.3) is 0 Å². The van der Waals surface area contributed by atoms with Crippen molar-refractivity contribution in [3.05, 3.63) is 0 Å². The maximum absolute atomic E-state index is 2.83. The van der Waals surface area contributed by atoms with Gasteiger partial charge in [0.05, 0.1) is 0 Å². The molecule has 0 aromatic carbocycles. The molecule has 3 nitrogen and oxygen atoms in total. The van der Waals surface area contributed by atoms with E-state index in [2.05, 4.69) is 28.7 Å². The number of piperidine rings is 1. The molecule has 4 rings (SSSR count). The van der Waals surface area contributed by atoms with Crippen LogP contribution in [0.1, 0.15) is 64.7 Å². The van der Waals surface area contributed by atoms with Crippen molar-refractivity contribution < 1.29 is 0 Å². The monoisotopic (exact) mass is 347 g/mol. The molecule has 144 valence electrons. The van der Waals surface area contributed by atoms with E-state index in [0.717, 1.165) is 16.7 Å². The van der Waals surface area contributed by atoms with Crippen molar-refractivity contribution >= 4 is 0 Å². The van der Waals surface area contributed by atoms with Gasteiger partial charge in [-0.15, -0.1) is 0 Å². The summed E-state index contributed by atoms with van der Waals surface area (Å²) in [5.41, 5.74) is 1.51. The normalized spacial score (nSPS) is 31.0. The molecule has 2 aliphatic carbocycles. The summed E-state index contributed by atoms with van der Waals surface area (Å²) in [5.74, 6) is 1.00. The van der Waals surface area contributed by atoms with Crippen LogP contribution < -0.4 is 0 Å². The van der Waals surface area contributed by atoms with E-state index in [4.69, 9.17) is 0 Å². The molecule has 2 saturated carbocycles. The van der Waals surface area contributed by atoms with Crippen molar-refractivity contribution in [1.82, 2.24) is 14.7 Å². The van der Waals surface area contributed by atoms with Gasteiger partial charge in [-0.3, -0.25) is 0 Å². The second-order valence-corrected chi connectivity index (χ2v) is 10.3. The molecular weight excluding hydrogens is 306 g/mol. The van der Waals surface area contributed by atoms with Crippen LogP contribution >= 0.6 is 0 Å². The minimum absolute atomic E-state index is 0.751. The van der Waals surface area contributed by atoms with Crippen LogP contribution in [0.4, 0.5) is 0 Å². The zero-order chi connectivity index (χ0) is 17.3. The van der Waals surface area contributed by atoms with Crippen LogP contribution in [0.3, 0.4) is 0 Å². The molecule has 0 amide bonds. The summed E-state index contributed by atoms with van der Waals surface area (Å²) >= 11 is 0. The topological polar surface area (TPSA) is 9.72 Å². The molecule has 0 aromatic rings. The Morgan fingerprint density at radius 2 is 1.60 bits per heavy atom. The van der Waals surface area contributed by atoms with E-state index in [0.29, 0.717) is 0 Å². The maximum atomic E-state index is 2.83. The Kier molecular flexibility index (Phi) is 5.46. The first kappa shape index (κ1) is 18.3. The van der Waals surface area contributed by atoms with Gasteiger partial charge in [-0.25, -0.2) is 0 Å². The minimum Gasteiger partial charge on any atom is -0.305 e. The molecule has 25 heavy (non-hydrogen) atoms. The van der Waals surface area contributed by atoms with Crippen LogP contribution in [0.15, 0.2) is 0 Å². The molecule has 0 atom stereocenters. The molecule has 2 saturated heterocycles. The average molecular weight is 348 g/mol. The van der Waals surface area contributed by atoms with E-state index < -0.39 is 0 Å². The summed E-state index contributed by atoms with van der Waals surface area (Å²) in [6, 6.07) is 0. The fourth-order valence-corrected chi connectivity index (χ4v) is 6.20. The number of hydrogen-bond donors (Lipinski definition) is 0. The molecule has 2 heterocycles. The minimum atomic E-state index is 0.751. The highest BCUT2D eigenvalue weighted by atomic mass is 15.2. The first-order valence-corrected chi connectivity index (χ1v) is 11.2. The number of likely N-dealkylation sites (tertiary alicyclic amines) is 1. The molecule has 0 radical (unpaired) electrons. The second-order valence-electron chi connectivity index (χ2n) is 10.3. The smallest absolute Gasteiger partial charge is 0.0109 e. The largest absolute Gasteiger partial charge is 0.305 e. The van der Waals surface area contributed by atoms with Gasteiger partial charge in [-0.05, 0) is 101 Å². The quantitative estimate of drug-likeness (QED) is 0.725. The van der Waals surface area contributed by atoms with E-state index in [1.54, 1.807) is 0 Å². The SMILES string of the molecule is CCCC1(CN2CCC3(CC2)CC(CN2CCCN(C)CC2)C3)CC1. The van der Waals surface area contributed by atoms with Crippen LogP contribution in [-0.4, -0.2) is 74.1 Å². The lowest BCUT2D eigenvalue weighted by Gasteiger charge is -2.53. The van der Waals surface area contributed by atoms with Gasteiger partial charge < -0.3 is 14.7 Å². The third-order valence-corrected chi connectivity index (χ3v) is 7.99. The third-order valence-electron chi connectivity index (χ3n) is 7.99. The van der Waals surface area contributed by atoms with Crippen molar-refractivity contribution in [2.75, 3.05) is 59.4 Å². The lowest BCUT2D eigenvalue weighted by Crippen LogP contribution is -2.50. The van der Waals surface area contributed by atoms with E-state index in [-0.39, 0.29) is 0 Å². The Labute approximate surface area is 156 Å². The standard InChI is InChI=1S/C22H41N3/c1-3-5-21(6-7-21)19-25-12-8-22(9-13-25)16-20(17-22)18-24-11-4-10-23(2)14-15-24/h20H,3-19H2,1-2H3. The van der Waals surface area contributed by atoms with Crippen LogP contribution in [0.5, 0.6) is 0 Å². The van der Waals surface area contributed by atoms with Gasteiger partial charge >= 0.3 is 0 Å². The maximum Gasteiger partial charge on any atom is 0.0109 e. The molecule has 0 bridgehead atoms. The Balaban J connectivity index is 1.17. The van der Waals surface area contributed by atoms with Crippen molar-refractivity contribution in [1.29, 1.82) is 0 Å². The molecule has 0 N–H and O–H groups in total. The van der Waals surface area contributed by atoms with Gasteiger partial charge in [-0.1, -0.05) is 13.3 Å². The van der Waals surface area contributed by atoms with E-state index in [1.165, 1.54) is 110 Å². The van der Waals surface area contributed by atoms with Crippen LogP contribution in [0.25, 0.3) is 0 Å². The summed E-state index contributed by atoms with van der Waals surface area (Å²) in [4.78, 5) is 8.09. The van der Waals surface area contributed by atoms with E-state index >= 15 is 0 Å². The predicted molar refractivity (Wildman–Crippen MR) is 106 cm³/mol. The van der Waals surface area contributed by atoms with Gasteiger partial charge in [0, 0.05) is 26.2 Å². The highest BCUT2D eigenvalue weighted by Crippen LogP contribution is 2.54. The molecule has 4 aliphatic rings. The predicted octanol–water partition coefficient (Wildman–Crippen LogP) is 3.70. The molecule has 2 aliphatic heterocycles. The Morgan fingerprint density at radius 3 is 2.28 bits per heavy atom. The molecule has 3 heteroatoms. The summed E-state index contributed by atoms with van der Waals surface area (Å²) in [6.07, 6.45) is 13.3. The fourth-order valence-electron chi connectivity index (χ4n) is 6.20. The van der Waals surface area contributed by atoms with Crippen LogP contribution in [0.2, 0.25) is 0 Å². The van der Waals surface area contributed by atoms with Gasteiger partial charge in [0.15, 0.2) is 0 Å². The fraction of sp³-hybridized carbons (Fsp3) is 1.00. The summed E-state index contributed by atoms with van der Waals surface area (Å²) in [6.45, 7) is 13.2. The Hall–Kier alpha value is -0.120. The van der Waals surface area contributed by atoms with Gasteiger partial charge in [0.1, 0.15) is 0 Å². The molecule has 1 spiro atoms. The van der Waals surface area contributed by atoms with Crippen LogP contribution in [0, 0.1) is 16.7 Å². The Morgan fingerprint density at radius 1 is 0.840 bits per heavy atom. The second kappa shape index (κ2) is 7.48. The number of likely N-dealkylation sites (N-methyl/N-ethyl adjacent to an activating group) is 1. The van der Waals surface area contributed by atoms with Gasteiger partial charge in [0.2, 0.25) is 0 Å². The third kappa shape index (κ3) is 4.42. The van der Waals surface area contributed by atoms with Crippen molar-refractivity contribution in [2.45, 2.75) is 64.7 Å². The highest BCUT2D eigenvalue weighted by molar-refractivity contribution is 5.00. The highest BCUT2D eigenvalue weighted by Gasteiger charge is 2.48. The zero-order valence-corrected chi connectivity index (χ0v) is 16.9.